The number of aromatic amines is 2. The lowest BCUT2D eigenvalue weighted by atomic mass is 10.2. The molecule has 2 N–H and O–H groups in total. The monoisotopic (exact) mass is 191 g/mol. The molecular formula is C10H13N3O. The van der Waals surface area contributed by atoms with E-state index in [2.05, 4.69) is 15.0 Å². The van der Waals surface area contributed by atoms with Crippen LogP contribution >= 0.6 is 0 Å². The van der Waals surface area contributed by atoms with Crippen molar-refractivity contribution < 1.29 is 0 Å². The zero-order valence-electron chi connectivity index (χ0n) is 8.51. The number of H-pyrrole nitrogens is 2. The Morgan fingerprint density at radius 2 is 2.07 bits per heavy atom. The smallest absolute Gasteiger partial charge is 0.207 e. The van der Waals surface area contributed by atoms with Gasteiger partial charge in [0, 0.05) is 17.7 Å². The number of pyridine rings is 1. The van der Waals surface area contributed by atoms with Crippen molar-refractivity contribution in [3.8, 4) is 0 Å². The number of aromatic nitrogens is 3. The predicted octanol–water partition coefficient (Wildman–Crippen LogP) is 1.68. The first-order valence-corrected chi connectivity index (χ1v) is 4.67. The summed E-state index contributed by atoms with van der Waals surface area (Å²) in [5, 5.41) is 0. The number of aryl methyl sites for hydroxylation is 1. The van der Waals surface area contributed by atoms with Crippen LogP contribution in [0.4, 0.5) is 0 Å². The minimum absolute atomic E-state index is 0.00403. The Kier molecular flexibility index (Phi) is 1.91. The van der Waals surface area contributed by atoms with Gasteiger partial charge in [0.15, 0.2) is 5.65 Å². The van der Waals surface area contributed by atoms with Gasteiger partial charge in [-0.3, -0.25) is 4.79 Å². The number of fused-ring (bicyclic) bond motifs is 1. The topological polar surface area (TPSA) is 61.5 Å². The lowest BCUT2D eigenvalue weighted by Gasteiger charge is -1.95. The van der Waals surface area contributed by atoms with Gasteiger partial charge in [0.25, 0.3) is 0 Å². The van der Waals surface area contributed by atoms with Crippen LogP contribution in [0.1, 0.15) is 31.3 Å². The van der Waals surface area contributed by atoms with Gasteiger partial charge in [0.05, 0.1) is 0 Å². The van der Waals surface area contributed by atoms with Gasteiger partial charge in [-0.15, -0.1) is 0 Å². The fourth-order valence-electron chi connectivity index (χ4n) is 1.43. The number of hydrogen-bond acceptors (Lipinski definition) is 2. The summed E-state index contributed by atoms with van der Waals surface area (Å²) in [7, 11) is 0. The second kappa shape index (κ2) is 2.97. The summed E-state index contributed by atoms with van der Waals surface area (Å²) in [6, 6.07) is 1.57. The van der Waals surface area contributed by atoms with Gasteiger partial charge in [0.2, 0.25) is 5.43 Å². The molecule has 4 nitrogen and oxygen atoms in total. The average molecular weight is 191 g/mol. The second-order valence-electron chi connectivity index (χ2n) is 3.82. The highest BCUT2D eigenvalue weighted by Gasteiger charge is 2.08. The van der Waals surface area contributed by atoms with E-state index in [1.54, 1.807) is 6.07 Å². The van der Waals surface area contributed by atoms with Gasteiger partial charge in [-0.25, -0.2) is 4.98 Å². The Labute approximate surface area is 81.4 Å². The molecule has 4 heteroatoms. The van der Waals surface area contributed by atoms with E-state index in [9.17, 15) is 4.79 Å². The first-order chi connectivity index (χ1) is 6.58. The molecule has 0 aromatic carbocycles. The number of rotatable bonds is 1. The first-order valence-electron chi connectivity index (χ1n) is 4.67. The molecule has 0 atom stereocenters. The van der Waals surface area contributed by atoms with Gasteiger partial charge in [0.1, 0.15) is 11.3 Å². The van der Waals surface area contributed by atoms with Crippen LogP contribution in [0.3, 0.4) is 0 Å². The second-order valence-corrected chi connectivity index (χ2v) is 3.82. The molecule has 0 aliphatic carbocycles. The molecule has 0 aliphatic rings. The Bertz CT molecular complexity index is 522. The lowest BCUT2D eigenvalue weighted by Crippen LogP contribution is -2.02. The van der Waals surface area contributed by atoms with Crippen molar-refractivity contribution >= 4 is 11.2 Å². The van der Waals surface area contributed by atoms with Gasteiger partial charge < -0.3 is 9.97 Å². The van der Waals surface area contributed by atoms with Crippen LogP contribution in [0.15, 0.2) is 10.9 Å². The minimum Gasteiger partial charge on any atom is -0.342 e. The molecule has 0 radical (unpaired) electrons. The Balaban J connectivity index is 2.77. The highest BCUT2D eigenvalue weighted by atomic mass is 16.1. The van der Waals surface area contributed by atoms with Crippen LogP contribution in [0.2, 0.25) is 0 Å². The molecule has 0 saturated carbocycles. The van der Waals surface area contributed by atoms with E-state index in [1.165, 1.54) is 0 Å². The summed E-state index contributed by atoms with van der Waals surface area (Å²) in [5.74, 6) is 1.15. The van der Waals surface area contributed by atoms with Crippen molar-refractivity contribution in [2.45, 2.75) is 26.7 Å². The van der Waals surface area contributed by atoms with E-state index < -0.39 is 0 Å². The molecule has 0 fully saturated rings. The van der Waals surface area contributed by atoms with Crippen LogP contribution in [0.25, 0.3) is 11.2 Å². The summed E-state index contributed by atoms with van der Waals surface area (Å²) in [6.45, 7) is 5.93. The Morgan fingerprint density at radius 1 is 1.36 bits per heavy atom. The van der Waals surface area contributed by atoms with Crippen LogP contribution < -0.4 is 5.43 Å². The number of imidazole rings is 1. The van der Waals surface area contributed by atoms with Gasteiger partial charge in [-0.05, 0) is 6.92 Å². The highest BCUT2D eigenvalue weighted by molar-refractivity contribution is 5.70. The largest absolute Gasteiger partial charge is 0.342 e. The van der Waals surface area contributed by atoms with Gasteiger partial charge in [-0.1, -0.05) is 13.8 Å². The van der Waals surface area contributed by atoms with Crippen molar-refractivity contribution in [1.82, 2.24) is 15.0 Å². The van der Waals surface area contributed by atoms with E-state index in [0.717, 1.165) is 11.5 Å². The number of hydrogen-bond donors (Lipinski definition) is 2. The first kappa shape index (κ1) is 8.99. The van der Waals surface area contributed by atoms with E-state index in [4.69, 9.17) is 0 Å². The maximum Gasteiger partial charge on any atom is 0.207 e. The quantitative estimate of drug-likeness (QED) is 0.720. The summed E-state index contributed by atoms with van der Waals surface area (Å²) in [6.07, 6.45) is 0. The van der Waals surface area contributed by atoms with Crippen molar-refractivity contribution in [3.05, 3.63) is 27.8 Å². The SMILES string of the molecule is Cc1cc(=O)c2[nH]c(C(C)C)nc2[nH]1. The third kappa shape index (κ3) is 1.32. The molecule has 2 aromatic rings. The van der Waals surface area contributed by atoms with E-state index in [-0.39, 0.29) is 5.43 Å². The van der Waals surface area contributed by atoms with E-state index in [1.807, 2.05) is 20.8 Å². The molecule has 0 saturated heterocycles. The van der Waals surface area contributed by atoms with Crippen molar-refractivity contribution in [1.29, 1.82) is 0 Å². The van der Waals surface area contributed by atoms with Crippen molar-refractivity contribution in [2.75, 3.05) is 0 Å². The van der Waals surface area contributed by atoms with Gasteiger partial charge >= 0.3 is 0 Å². The van der Waals surface area contributed by atoms with Crippen molar-refractivity contribution in [2.24, 2.45) is 0 Å². The molecule has 14 heavy (non-hydrogen) atoms. The number of nitrogens with one attached hydrogen (secondary N) is 2. The van der Waals surface area contributed by atoms with Gasteiger partial charge in [-0.2, -0.15) is 0 Å². The zero-order valence-corrected chi connectivity index (χ0v) is 8.51. The zero-order chi connectivity index (χ0) is 10.3. The Morgan fingerprint density at radius 3 is 2.71 bits per heavy atom. The normalized spacial score (nSPS) is 11.4. The van der Waals surface area contributed by atoms with E-state index >= 15 is 0 Å². The van der Waals surface area contributed by atoms with Crippen LogP contribution in [-0.2, 0) is 0 Å². The summed E-state index contributed by atoms with van der Waals surface area (Å²) in [5.41, 5.74) is 2.05. The third-order valence-electron chi connectivity index (χ3n) is 2.18. The predicted molar refractivity (Wildman–Crippen MR) is 55.5 cm³/mol. The molecule has 0 aliphatic heterocycles. The third-order valence-corrected chi connectivity index (χ3v) is 2.18. The van der Waals surface area contributed by atoms with Crippen LogP contribution in [-0.4, -0.2) is 15.0 Å². The fraction of sp³-hybridized carbons (Fsp3) is 0.400. The molecule has 0 bridgehead atoms. The molecule has 0 spiro atoms. The summed E-state index contributed by atoms with van der Waals surface area (Å²) in [4.78, 5) is 22.0. The molecule has 0 unspecified atom stereocenters. The molecule has 2 heterocycles. The average Bonchev–Trinajstić information content (AvgIpc) is 2.47. The molecule has 2 rings (SSSR count). The fourth-order valence-corrected chi connectivity index (χ4v) is 1.43. The van der Waals surface area contributed by atoms with Crippen LogP contribution in [0, 0.1) is 6.92 Å². The van der Waals surface area contributed by atoms with Crippen LogP contribution in [0.5, 0.6) is 0 Å². The van der Waals surface area contributed by atoms with Crippen molar-refractivity contribution in [3.63, 3.8) is 0 Å². The maximum absolute atomic E-state index is 11.5. The summed E-state index contributed by atoms with van der Waals surface area (Å²) < 4.78 is 0. The minimum atomic E-state index is -0.00403. The molecular weight excluding hydrogens is 178 g/mol. The molecule has 74 valence electrons. The molecule has 2 aromatic heterocycles. The summed E-state index contributed by atoms with van der Waals surface area (Å²) >= 11 is 0. The maximum atomic E-state index is 11.5. The Hall–Kier alpha value is -1.58. The highest BCUT2D eigenvalue weighted by Crippen LogP contribution is 2.12. The van der Waals surface area contributed by atoms with E-state index in [0.29, 0.717) is 17.1 Å². The lowest BCUT2D eigenvalue weighted by molar-refractivity contribution is 0.798. The molecule has 0 amide bonds. The number of nitrogens with zero attached hydrogens (tertiary/aromatic N) is 1. The standard InChI is InChI=1S/C10H13N3O/c1-5(2)9-12-8-7(14)4-6(3)11-10(8)13-9/h4-5H,1-3H3,(H2,11,12,13,14).